The number of hydrogen-bond donors (Lipinski definition) is 0. The van der Waals surface area contributed by atoms with Crippen molar-refractivity contribution in [2.24, 2.45) is 0 Å². The molecule has 1 heteroatoms. The number of nitrogens with zero attached hydrogens (tertiary/aromatic N) is 1. The average Bonchev–Trinajstić information content (AvgIpc) is 2.77. The minimum Gasteiger partial charge on any atom is -0.186 e. The molecule has 3 aromatic rings. The molecule has 0 spiro atoms. The van der Waals surface area contributed by atoms with E-state index in [0.717, 1.165) is 6.42 Å². The predicted molar refractivity (Wildman–Crippen MR) is 101 cm³/mol. The number of aromatic nitrogens is 1. The summed E-state index contributed by atoms with van der Waals surface area (Å²) in [5, 5.41) is 1.35. The number of para-hydroxylation sites is 1. The van der Waals surface area contributed by atoms with Crippen LogP contribution >= 0.6 is 0 Å². The molecule has 2 aromatic carbocycles. The summed E-state index contributed by atoms with van der Waals surface area (Å²) in [7, 11) is 0. The zero-order chi connectivity index (χ0) is 16.7. The Labute approximate surface area is 145 Å². The fraction of sp³-hybridized carbons (Fsp3) is 0.348. The average molecular weight is 316 g/mol. The second kappa shape index (κ2) is 5.73. The molecule has 0 atom stereocenters. The Hall–Kier alpha value is -2.15. The van der Waals surface area contributed by atoms with Crippen molar-refractivity contribution >= 4 is 10.9 Å². The summed E-state index contributed by atoms with van der Waals surface area (Å²) in [5.74, 6) is 0. The van der Waals surface area contributed by atoms with Gasteiger partial charge in [-0.1, -0.05) is 44.2 Å². The lowest BCUT2D eigenvalue weighted by Crippen LogP contribution is -2.57. The molecule has 2 heterocycles. The van der Waals surface area contributed by atoms with Crippen LogP contribution in [0.2, 0.25) is 0 Å². The maximum atomic E-state index is 2.68. The highest BCUT2D eigenvalue weighted by atomic mass is 15.1. The van der Waals surface area contributed by atoms with E-state index in [2.05, 4.69) is 79.9 Å². The summed E-state index contributed by atoms with van der Waals surface area (Å²) in [6.07, 6.45) is 4.71. The van der Waals surface area contributed by atoms with Gasteiger partial charge in [-0.05, 0) is 37.1 Å². The monoisotopic (exact) mass is 316 g/mol. The summed E-state index contributed by atoms with van der Waals surface area (Å²) in [4.78, 5) is 0. The lowest BCUT2D eigenvalue weighted by Gasteiger charge is -2.28. The fourth-order valence-corrected chi connectivity index (χ4v) is 4.61. The van der Waals surface area contributed by atoms with Gasteiger partial charge in [0.1, 0.15) is 0 Å². The van der Waals surface area contributed by atoms with Crippen molar-refractivity contribution in [3.8, 4) is 11.3 Å². The van der Waals surface area contributed by atoms with Gasteiger partial charge >= 0.3 is 0 Å². The van der Waals surface area contributed by atoms with Crippen LogP contribution in [0.15, 0.2) is 54.6 Å². The molecule has 0 N–H and O–H groups in total. The van der Waals surface area contributed by atoms with Gasteiger partial charge in [0.15, 0.2) is 5.54 Å². The van der Waals surface area contributed by atoms with Gasteiger partial charge in [0.05, 0.1) is 0 Å². The number of fused-ring (bicyclic) bond motifs is 5. The van der Waals surface area contributed by atoms with E-state index in [0.29, 0.717) is 0 Å². The van der Waals surface area contributed by atoms with Crippen molar-refractivity contribution in [1.29, 1.82) is 0 Å². The molecule has 0 aliphatic carbocycles. The van der Waals surface area contributed by atoms with Crippen molar-refractivity contribution in [2.75, 3.05) is 0 Å². The number of benzene rings is 2. The zero-order valence-electron chi connectivity index (χ0n) is 15.0. The molecule has 0 radical (unpaired) electrons. The smallest absolute Gasteiger partial charge is 0.186 e. The van der Waals surface area contributed by atoms with Crippen LogP contribution < -0.4 is 4.57 Å². The minimum atomic E-state index is 0.194. The largest absolute Gasteiger partial charge is 0.216 e. The molecule has 4 rings (SSSR count). The first kappa shape index (κ1) is 15.4. The molecule has 122 valence electrons. The number of aryl methyl sites for hydroxylation is 2. The minimum absolute atomic E-state index is 0.194. The van der Waals surface area contributed by atoms with Gasteiger partial charge in [-0.15, -0.1) is 0 Å². The van der Waals surface area contributed by atoms with Crippen LogP contribution in [0.1, 0.15) is 44.2 Å². The standard InChI is InChI=1S/C23H26N/c1-4-23(5-2)15-14-18-10-6-8-12-20(18)22-17(3)16-19-11-7-9-13-21(19)24(22)23/h6-13,16H,4-5,14-15H2,1-3H3/q+1. The topological polar surface area (TPSA) is 3.88 Å². The fourth-order valence-electron chi connectivity index (χ4n) is 4.61. The Balaban J connectivity index is 2.20. The second-order valence-corrected chi connectivity index (χ2v) is 7.16. The van der Waals surface area contributed by atoms with E-state index in [9.17, 15) is 0 Å². The normalized spacial score (nSPS) is 15.6. The van der Waals surface area contributed by atoms with E-state index >= 15 is 0 Å². The summed E-state index contributed by atoms with van der Waals surface area (Å²) < 4.78 is 2.68. The maximum absolute atomic E-state index is 2.68. The van der Waals surface area contributed by atoms with Gasteiger partial charge in [-0.3, -0.25) is 0 Å². The number of pyridine rings is 1. The third kappa shape index (κ3) is 2.11. The summed E-state index contributed by atoms with van der Waals surface area (Å²) in [6, 6.07) is 20.2. The first-order valence-corrected chi connectivity index (χ1v) is 9.23. The van der Waals surface area contributed by atoms with Crippen LogP contribution in [0.25, 0.3) is 22.2 Å². The Kier molecular flexibility index (Phi) is 3.68. The van der Waals surface area contributed by atoms with E-state index < -0.39 is 0 Å². The number of hydrogen-bond acceptors (Lipinski definition) is 0. The molecular formula is C23H26N+. The van der Waals surface area contributed by atoms with E-state index in [1.165, 1.54) is 52.5 Å². The lowest BCUT2D eigenvalue weighted by atomic mass is 9.86. The highest BCUT2D eigenvalue weighted by Crippen LogP contribution is 2.37. The van der Waals surface area contributed by atoms with Gasteiger partial charge < -0.3 is 0 Å². The molecule has 1 aliphatic heterocycles. The van der Waals surface area contributed by atoms with Gasteiger partial charge in [-0.25, -0.2) is 0 Å². The van der Waals surface area contributed by atoms with E-state index in [1.54, 1.807) is 0 Å². The first-order chi connectivity index (χ1) is 11.7. The van der Waals surface area contributed by atoms with Crippen LogP contribution in [0.4, 0.5) is 0 Å². The SMILES string of the molecule is CCC1(CC)CCc2ccccc2-c2c(C)cc3ccccc3[n+]21. The third-order valence-electron chi connectivity index (χ3n) is 6.07. The lowest BCUT2D eigenvalue weighted by molar-refractivity contribution is -0.734. The molecular weight excluding hydrogens is 290 g/mol. The quantitative estimate of drug-likeness (QED) is 0.545. The summed E-state index contributed by atoms with van der Waals surface area (Å²) in [5.41, 5.74) is 7.29. The van der Waals surface area contributed by atoms with E-state index in [-0.39, 0.29) is 5.54 Å². The molecule has 24 heavy (non-hydrogen) atoms. The Morgan fingerprint density at radius 1 is 0.958 bits per heavy atom. The van der Waals surface area contributed by atoms with Crippen LogP contribution in [0.5, 0.6) is 0 Å². The van der Waals surface area contributed by atoms with Crippen molar-refractivity contribution in [2.45, 2.75) is 52.0 Å². The summed E-state index contributed by atoms with van der Waals surface area (Å²) >= 11 is 0. The molecule has 0 amide bonds. The van der Waals surface area contributed by atoms with Crippen LogP contribution in [-0.4, -0.2) is 0 Å². The maximum Gasteiger partial charge on any atom is 0.216 e. The molecule has 1 aromatic heterocycles. The summed E-state index contributed by atoms with van der Waals surface area (Å²) in [6.45, 7) is 6.98. The van der Waals surface area contributed by atoms with E-state index in [1.807, 2.05) is 0 Å². The highest BCUT2D eigenvalue weighted by molar-refractivity contribution is 5.80. The molecule has 1 aliphatic rings. The van der Waals surface area contributed by atoms with Crippen molar-refractivity contribution < 1.29 is 4.57 Å². The zero-order valence-corrected chi connectivity index (χ0v) is 15.0. The molecule has 0 fully saturated rings. The van der Waals surface area contributed by atoms with E-state index in [4.69, 9.17) is 0 Å². The van der Waals surface area contributed by atoms with Gasteiger partial charge in [0.2, 0.25) is 11.2 Å². The molecule has 0 unspecified atom stereocenters. The van der Waals surface area contributed by atoms with Gasteiger partial charge in [0, 0.05) is 41.8 Å². The first-order valence-electron chi connectivity index (χ1n) is 9.23. The molecule has 0 bridgehead atoms. The van der Waals surface area contributed by atoms with Gasteiger partial charge in [-0.2, -0.15) is 4.57 Å². The van der Waals surface area contributed by atoms with Gasteiger partial charge in [0.25, 0.3) is 0 Å². The predicted octanol–water partition coefficient (Wildman–Crippen LogP) is 5.56. The van der Waals surface area contributed by atoms with Crippen LogP contribution in [0, 0.1) is 6.92 Å². The third-order valence-corrected chi connectivity index (χ3v) is 6.07. The van der Waals surface area contributed by atoms with Crippen molar-refractivity contribution in [3.63, 3.8) is 0 Å². The van der Waals surface area contributed by atoms with Crippen molar-refractivity contribution in [1.82, 2.24) is 0 Å². The second-order valence-electron chi connectivity index (χ2n) is 7.16. The number of rotatable bonds is 2. The Morgan fingerprint density at radius 2 is 1.67 bits per heavy atom. The molecule has 0 saturated heterocycles. The Morgan fingerprint density at radius 3 is 2.46 bits per heavy atom. The molecule has 0 saturated carbocycles. The Bertz CT molecular complexity index is 903. The highest BCUT2D eigenvalue weighted by Gasteiger charge is 2.43. The van der Waals surface area contributed by atoms with Crippen molar-refractivity contribution in [3.05, 3.63) is 65.7 Å². The van der Waals surface area contributed by atoms with Crippen LogP contribution in [0.3, 0.4) is 0 Å². The molecule has 1 nitrogen and oxygen atoms in total. The van der Waals surface area contributed by atoms with Crippen LogP contribution in [-0.2, 0) is 12.0 Å².